The van der Waals surface area contributed by atoms with Crippen LogP contribution in [-0.4, -0.2) is 58.9 Å². The average molecular weight is 289 g/mol. The lowest BCUT2D eigenvalue weighted by atomic mass is 9.96. The molecule has 0 unspecified atom stereocenters. The third-order valence-corrected chi connectivity index (χ3v) is 5.71. The summed E-state index contributed by atoms with van der Waals surface area (Å²) in [6.07, 6.45) is -0.381. The second kappa shape index (κ2) is 5.20. The molecule has 0 aromatic carbocycles. The quantitative estimate of drug-likeness (QED) is 0.688. The van der Waals surface area contributed by atoms with Crippen molar-refractivity contribution in [2.24, 2.45) is 5.92 Å². The number of nitrogens with one attached hydrogen (secondary N) is 1. The van der Waals surface area contributed by atoms with Crippen molar-refractivity contribution in [1.29, 1.82) is 0 Å². The lowest BCUT2D eigenvalue weighted by molar-refractivity contribution is 0.0221. The molecule has 0 radical (unpaired) electrons. The van der Waals surface area contributed by atoms with E-state index in [4.69, 9.17) is 5.11 Å². The van der Waals surface area contributed by atoms with Gasteiger partial charge in [0, 0.05) is 25.6 Å². The van der Waals surface area contributed by atoms with E-state index in [0.717, 1.165) is 0 Å². The Bertz CT molecular complexity index is 535. The predicted octanol–water partition coefficient (Wildman–Crippen LogP) is -0.610. The van der Waals surface area contributed by atoms with Gasteiger partial charge in [0.15, 0.2) is 0 Å². The zero-order valence-electron chi connectivity index (χ0n) is 11.0. The van der Waals surface area contributed by atoms with Crippen molar-refractivity contribution < 1.29 is 18.6 Å². The fourth-order valence-corrected chi connectivity index (χ4v) is 4.24. The Labute approximate surface area is 112 Å². The van der Waals surface area contributed by atoms with Crippen LogP contribution in [0.1, 0.15) is 17.8 Å². The van der Waals surface area contributed by atoms with E-state index >= 15 is 0 Å². The van der Waals surface area contributed by atoms with Gasteiger partial charge in [-0.1, -0.05) is 0 Å². The molecule has 1 aliphatic heterocycles. The van der Waals surface area contributed by atoms with Gasteiger partial charge in [-0.15, -0.1) is 0 Å². The van der Waals surface area contributed by atoms with E-state index in [9.17, 15) is 13.5 Å². The molecule has 0 amide bonds. The van der Waals surface area contributed by atoms with Crippen molar-refractivity contribution in [2.75, 3.05) is 19.7 Å². The fourth-order valence-electron chi connectivity index (χ4n) is 2.43. The van der Waals surface area contributed by atoms with Crippen LogP contribution in [0, 0.1) is 19.8 Å². The van der Waals surface area contributed by atoms with Crippen LogP contribution in [-0.2, 0) is 10.0 Å². The first-order valence-electron chi connectivity index (χ1n) is 6.18. The highest BCUT2D eigenvalue weighted by Crippen LogP contribution is 2.26. The van der Waals surface area contributed by atoms with Crippen LogP contribution in [0.25, 0.3) is 0 Å². The average Bonchev–Trinajstić information content (AvgIpc) is 2.69. The second-order valence-electron chi connectivity index (χ2n) is 4.92. The summed E-state index contributed by atoms with van der Waals surface area (Å²) in [5, 5.41) is 25.5. The minimum Gasteiger partial charge on any atom is -0.396 e. The number of aromatic nitrogens is 2. The normalized spacial score (nSPS) is 25.7. The number of sulfonamides is 1. The van der Waals surface area contributed by atoms with Crippen LogP contribution in [0.15, 0.2) is 4.90 Å². The van der Waals surface area contributed by atoms with Crippen molar-refractivity contribution in [3.63, 3.8) is 0 Å². The molecule has 1 saturated heterocycles. The molecule has 1 aromatic rings. The van der Waals surface area contributed by atoms with E-state index in [1.807, 2.05) is 0 Å². The lowest BCUT2D eigenvalue weighted by Crippen LogP contribution is -2.47. The van der Waals surface area contributed by atoms with Gasteiger partial charge in [0.1, 0.15) is 4.90 Å². The van der Waals surface area contributed by atoms with E-state index < -0.39 is 16.1 Å². The SMILES string of the molecule is Cc1n[nH]c(C)c1S(=O)(=O)N1CC[C@H](CO)[C@H](O)C1. The smallest absolute Gasteiger partial charge is 0.246 e. The summed E-state index contributed by atoms with van der Waals surface area (Å²) in [7, 11) is -3.65. The molecule has 2 atom stereocenters. The maximum absolute atomic E-state index is 12.5. The van der Waals surface area contributed by atoms with Gasteiger partial charge in [-0.25, -0.2) is 8.42 Å². The summed E-state index contributed by atoms with van der Waals surface area (Å²) >= 11 is 0. The molecule has 7 nitrogen and oxygen atoms in total. The summed E-state index contributed by atoms with van der Waals surface area (Å²) < 4.78 is 26.3. The van der Waals surface area contributed by atoms with E-state index in [-0.39, 0.29) is 24.0 Å². The maximum atomic E-state index is 12.5. The molecule has 3 N–H and O–H groups in total. The van der Waals surface area contributed by atoms with Crippen LogP contribution in [0.5, 0.6) is 0 Å². The number of H-pyrrole nitrogens is 1. The standard InChI is InChI=1S/C11H19N3O4S/c1-7-11(8(2)13-12-7)19(17,18)14-4-3-9(6-15)10(16)5-14/h9-10,15-16H,3-6H2,1-2H3,(H,12,13)/t9-,10-/m1/s1. The lowest BCUT2D eigenvalue weighted by Gasteiger charge is -2.34. The molecule has 2 rings (SSSR count). The number of nitrogens with zero attached hydrogens (tertiary/aromatic N) is 2. The molecular weight excluding hydrogens is 270 g/mol. The molecule has 0 spiro atoms. The topological polar surface area (TPSA) is 107 Å². The highest BCUT2D eigenvalue weighted by molar-refractivity contribution is 7.89. The fraction of sp³-hybridized carbons (Fsp3) is 0.727. The van der Waals surface area contributed by atoms with Gasteiger partial charge in [-0.3, -0.25) is 5.10 Å². The Kier molecular flexibility index (Phi) is 3.95. The van der Waals surface area contributed by atoms with Gasteiger partial charge in [-0.05, 0) is 20.3 Å². The number of hydrogen-bond donors (Lipinski definition) is 3. The zero-order chi connectivity index (χ0) is 14.2. The van der Waals surface area contributed by atoms with Crippen LogP contribution in [0.4, 0.5) is 0 Å². The van der Waals surface area contributed by atoms with Gasteiger partial charge in [0.25, 0.3) is 0 Å². The van der Waals surface area contributed by atoms with E-state index in [2.05, 4.69) is 10.2 Å². The minimum atomic E-state index is -3.65. The first-order chi connectivity index (χ1) is 8.87. The highest BCUT2D eigenvalue weighted by atomic mass is 32.2. The number of piperidine rings is 1. The van der Waals surface area contributed by atoms with E-state index in [1.165, 1.54) is 4.31 Å². The van der Waals surface area contributed by atoms with E-state index in [0.29, 0.717) is 24.4 Å². The Morgan fingerprint density at radius 1 is 1.47 bits per heavy atom. The third-order valence-electron chi connectivity index (χ3n) is 3.58. The minimum absolute atomic E-state index is 0.0115. The molecule has 108 valence electrons. The number of hydrogen-bond acceptors (Lipinski definition) is 5. The van der Waals surface area contributed by atoms with Gasteiger partial charge < -0.3 is 10.2 Å². The van der Waals surface area contributed by atoms with Crippen molar-refractivity contribution in [3.8, 4) is 0 Å². The summed E-state index contributed by atoms with van der Waals surface area (Å²) in [4.78, 5) is 0.183. The molecule has 2 heterocycles. The maximum Gasteiger partial charge on any atom is 0.246 e. The van der Waals surface area contributed by atoms with Crippen LogP contribution in [0.2, 0.25) is 0 Å². The summed E-state index contributed by atoms with van der Waals surface area (Å²) in [6.45, 7) is 3.47. The molecule has 0 saturated carbocycles. The number of aryl methyl sites for hydroxylation is 2. The second-order valence-corrected chi connectivity index (χ2v) is 6.80. The molecule has 1 fully saturated rings. The molecule has 1 aromatic heterocycles. The van der Waals surface area contributed by atoms with Crippen molar-refractivity contribution in [1.82, 2.24) is 14.5 Å². The largest absolute Gasteiger partial charge is 0.396 e. The number of aromatic amines is 1. The van der Waals surface area contributed by atoms with Gasteiger partial charge in [0.2, 0.25) is 10.0 Å². The number of rotatable bonds is 3. The monoisotopic (exact) mass is 289 g/mol. The zero-order valence-corrected chi connectivity index (χ0v) is 11.8. The first kappa shape index (κ1) is 14.4. The molecule has 1 aliphatic rings. The van der Waals surface area contributed by atoms with E-state index in [1.54, 1.807) is 13.8 Å². The Hall–Kier alpha value is -0.960. The van der Waals surface area contributed by atoms with Gasteiger partial charge in [-0.2, -0.15) is 9.40 Å². The summed E-state index contributed by atoms with van der Waals surface area (Å²) in [5.74, 6) is -0.252. The Balaban J connectivity index is 2.27. The highest BCUT2D eigenvalue weighted by Gasteiger charge is 2.36. The van der Waals surface area contributed by atoms with Gasteiger partial charge in [0.05, 0.1) is 17.5 Å². The molecule has 0 aliphatic carbocycles. The molecule has 0 bridgehead atoms. The van der Waals surface area contributed by atoms with Crippen molar-refractivity contribution in [3.05, 3.63) is 11.4 Å². The molecule has 8 heteroatoms. The number of β-amino-alcohol motifs (C(OH)–C–C–N with tert-alkyl or cyclic N) is 1. The summed E-state index contributed by atoms with van der Waals surface area (Å²) in [6, 6.07) is 0. The van der Waals surface area contributed by atoms with Crippen LogP contribution >= 0.6 is 0 Å². The van der Waals surface area contributed by atoms with Gasteiger partial charge >= 0.3 is 0 Å². The van der Waals surface area contributed by atoms with Crippen molar-refractivity contribution in [2.45, 2.75) is 31.3 Å². The Morgan fingerprint density at radius 3 is 2.63 bits per heavy atom. The third kappa shape index (κ3) is 2.53. The Morgan fingerprint density at radius 2 is 2.16 bits per heavy atom. The van der Waals surface area contributed by atoms with Crippen LogP contribution in [0.3, 0.4) is 0 Å². The summed E-state index contributed by atoms with van der Waals surface area (Å²) in [5.41, 5.74) is 0.924. The number of aliphatic hydroxyl groups excluding tert-OH is 2. The molecular formula is C11H19N3O4S. The van der Waals surface area contributed by atoms with Crippen LogP contribution < -0.4 is 0 Å². The van der Waals surface area contributed by atoms with Crippen molar-refractivity contribution >= 4 is 10.0 Å². The first-order valence-corrected chi connectivity index (χ1v) is 7.62. The predicted molar refractivity (Wildman–Crippen MR) is 68.0 cm³/mol. The molecule has 19 heavy (non-hydrogen) atoms. The number of aliphatic hydroxyl groups is 2.